The van der Waals surface area contributed by atoms with Crippen LogP contribution in [0.25, 0.3) is 0 Å². The number of nitrogens with one attached hydrogen (secondary N) is 1. The minimum Gasteiger partial charge on any atom is -0.459 e. The Morgan fingerprint density at radius 2 is 1.44 bits per heavy atom. The van der Waals surface area contributed by atoms with Crippen LogP contribution in [0.15, 0.2) is 30.3 Å². The molecule has 5 atom stereocenters. The SMILES string of the molecule is CC(=O)CCC(=O)O[C@H]1C(OC(=N)C(Cl)(Cl)Cl)O[C@H](COC(=O)c2ccccc2)[C@H](OC(C)=O)[C@@H]1OC(C)=O. The topological polar surface area (TPSA) is 165 Å². The zero-order chi connectivity index (χ0) is 29.3. The number of hydrogen-bond donors (Lipinski definition) is 1. The summed E-state index contributed by atoms with van der Waals surface area (Å²) in [6.45, 7) is 2.81. The summed E-state index contributed by atoms with van der Waals surface area (Å²) >= 11 is 17.2. The van der Waals surface area contributed by atoms with Crippen LogP contribution in [-0.2, 0) is 47.6 Å². The van der Waals surface area contributed by atoms with Crippen LogP contribution in [0.1, 0.15) is 44.0 Å². The largest absolute Gasteiger partial charge is 0.459 e. The van der Waals surface area contributed by atoms with Crippen molar-refractivity contribution in [3.63, 3.8) is 0 Å². The number of Topliss-reactive ketones (excluding diaryl/α,β-unsaturated/α-hetero) is 1. The van der Waals surface area contributed by atoms with E-state index in [1.165, 1.54) is 19.1 Å². The van der Waals surface area contributed by atoms with Gasteiger partial charge in [-0.25, -0.2) is 4.79 Å². The van der Waals surface area contributed by atoms with Gasteiger partial charge in [0.2, 0.25) is 18.3 Å². The van der Waals surface area contributed by atoms with E-state index < -0.39 is 70.9 Å². The number of halogens is 3. The molecule has 1 aromatic rings. The molecule has 0 spiro atoms. The second kappa shape index (κ2) is 14.5. The summed E-state index contributed by atoms with van der Waals surface area (Å²) in [7, 11) is 0. The van der Waals surface area contributed by atoms with E-state index in [0.717, 1.165) is 13.8 Å². The second-order valence-electron chi connectivity index (χ2n) is 8.26. The van der Waals surface area contributed by atoms with Gasteiger partial charge in [0, 0.05) is 20.3 Å². The fourth-order valence-electron chi connectivity index (χ4n) is 3.38. The third-order valence-corrected chi connectivity index (χ3v) is 5.54. The highest BCUT2D eigenvalue weighted by atomic mass is 35.6. The first kappa shape index (κ1) is 32.3. The first-order chi connectivity index (χ1) is 18.2. The Kier molecular flexibility index (Phi) is 12.0. The highest BCUT2D eigenvalue weighted by Gasteiger charge is 2.54. The fraction of sp³-hybridized carbons (Fsp3) is 0.500. The summed E-state index contributed by atoms with van der Waals surface area (Å²) in [6.07, 6.45) is -8.41. The molecule has 15 heteroatoms. The van der Waals surface area contributed by atoms with E-state index in [9.17, 15) is 24.0 Å². The zero-order valence-electron chi connectivity index (χ0n) is 21.0. The number of benzene rings is 1. The van der Waals surface area contributed by atoms with Crippen molar-refractivity contribution in [3.8, 4) is 0 Å². The molecule has 1 N–H and O–H groups in total. The van der Waals surface area contributed by atoms with Gasteiger partial charge in [0.25, 0.3) is 3.79 Å². The maximum absolute atomic E-state index is 12.5. The molecule has 0 bridgehead atoms. The standard InChI is InChI=1S/C24H26Cl3NO11/c1-12(29)9-10-17(32)38-20-19(36-14(3)31)18(35-13(2)30)16(37-22(20)39-23(28)24(25,26)27)11-34-21(33)15-7-5-4-6-8-15/h4-8,16,18-20,22,28H,9-11H2,1-3H3/t16-,18+,19+,20-,22?/m1/s1. The van der Waals surface area contributed by atoms with E-state index in [0.29, 0.717) is 0 Å². The number of hydrogen-bond acceptors (Lipinski definition) is 12. The van der Waals surface area contributed by atoms with Crippen LogP contribution < -0.4 is 0 Å². The van der Waals surface area contributed by atoms with Crippen molar-refractivity contribution >= 4 is 70.4 Å². The number of carbonyl (C=O) groups excluding carboxylic acids is 5. The van der Waals surface area contributed by atoms with Crippen LogP contribution >= 0.6 is 34.8 Å². The number of ketones is 1. The molecule has 0 radical (unpaired) electrons. The molecule has 0 saturated carbocycles. The molecule has 1 aromatic carbocycles. The van der Waals surface area contributed by atoms with Crippen molar-refractivity contribution < 1.29 is 52.4 Å². The van der Waals surface area contributed by atoms with Gasteiger partial charge in [-0.2, -0.15) is 0 Å². The van der Waals surface area contributed by atoms with Crippen molar-refractivity contribution in [2.75, 3.05) is 6.61 Å². The Balaban J connectivity index is 2.44. The van der Waals surface area contributed by atoms with Crippen LogP contribution in [0.5, 0.6) is 0 Å². The predicted octanol–water partition coefficient (Wildman–Crippen LogP) is 3.08. The molecule has 1 aliphatic rings. The van der Waals surface area contributed by atoms with E-state index in [2.05, 4.69) is 0 Å². The van der Waals surface area contributed by atoms with Crippen molar-refractivity contribution in [2.45, 2.75) is 68.1 Å². The van der Waals surface area contributed by atoms with Crippen LogP contribution in [0.4, 0.5) is 0 Å². The summed E-state index contributed by atoms with van der Waals surface area (Å²) in [6, 6.07) is 7.92. The van der Waals surface area contributed by atoms with E-state index >= 15 is 0 Å². The molecular formula is C24H26Cl3NO11. The number of rotatable bonds is 10. The monoisotopic (exact) mass is 609 g/mol. The second-order valence-corrected chi connectivity index (χ2v) is 10.5. The van der Waals surface area contributed by atoms with Gasteiger partial charge < -0.3 is 33.2 Å². The van der Waals surface area contributed by atoms with Gasteiger partial charge in [-0.1, -0.05) is 53.0 Å². The number of esters is 4. The molecule has 0 aliphatic carbocycles. The highest BCUT2D eigenvalue weighted by molar-refractivity contribution is 6.76. The van der Waals surface area contributed by atoms with Gasteiger partial charge in [0.1, 0.15) is 18.5 Å². The van der Waals surface area contributed by atoms with E-state index in [1.54, 1.807) is 18.2 Å². The molecule has 12 nitrogen and oxygen atoms in total. The molecular weight excluding hydrogens is 585 g/mol. The molecule has 1 heterocycles. The third-order valence-electron chi connectivity index (χ3n) is 5.02. The van der Waals surface area contributed by atoms with E-state index in [1.807, 2.05) is 0 Å². The lowest BCUT2D eigenvalue weighted by Gasteiger charge is -2.44. The number of carbonyl (C=O) groups is 5. The van der Waals surface area contributed by atoms with Gasteiger partial charge in [0.15, 0.2) is 12.2 Å². The highest BCUT2D eigenvalue weighted by Crippen LogP contribution is 2.34. The zero-order valence-corrected chi connectivity index (χ0v) is 23.3. The summed E-state index contributed by atoms with van der Waals surface area (Å²) in [5, 5.41) is 7.94. The van der Waals surface area contributed by atoms with Crippen molar-refractivity contribution in [1.82, 2.24) is 0 Å². The quantitative estimate of drug-likeness (QED) is 0.136. The average molecular weight is 611 g/mol. The Bertz CT molecular complexity index is 1080. The van der Waals surface area contributed by atoms with Crippen molar-refractivity contribution in [3.05, 3.63) is 35.9 Å². The summed E-state index contributed by atoms with van der Waals surface area (Å²) in [5.41, 5.74) is 0.206. The van der Waals surface area contributed by atoms with Gasteiger partial charge in [0.05, 0.1) is 12.0 Å². The normalized spacial score (nSPS) is 22.7. The average Bonchev–Trinajstić information content (AvgIpc) is 2.84. The Hall–Kier alpha value is -2.93. The lowest BCUT2D eigenvalue weighted by molar-refractivity contribution is -0.291. The van der Waals surface area contributed by atoms with Crippen molar-refractivity contribution in [2.24, 2.45) is 0 Å². The fourth-order valence-corrected chi connectivity index (χ4v) is 3.51. The summed E-state index contributed by atoms with van der Waals surface area (Å²) in [4.78, 5) is 60.3. The molecule has 1 aliphatic heterocycles. The van der Waals surface area contributed by atoms with Crippen LogP contribution in [0, 0.1) is 5.41 Å². The van der Waals surface area contributed by atoms with Crippen LogP contribution in [0.2, 0.25) is 0 Å². The maximum Gasteiger partial charge on any atom is 0.338 e. The van der Waals surface area contributed by atoms with Crippen LogP contribution in [-0.4, -0.2) is 76.7 Å². The molecule has 1 unspecified atom stereocenters. The lowest BCUT2D eigenvalue weighted by Crippen LogP contribution is -2.63. The molecule has 2 rings (SSSR count). The Morgan fingerprint density at radius 1 is 0.846 bits per heavy atom. The molecule has 0 amide bonds. The van der Waals surface area contributed by atoms with Gasteiger partial charge >= 0.3 is 23.9 Å². The number of ether oxygens (including phenoxy) is 6. The molecule has 1 fully saturated rings. The molecule has 0 aromatic heterocycles. The summed E-state index contributed by atoms with van der Waals surface area (Å²) < 4.78 is 30.1. The summed E-state index contributed by atoms with van der Waals surface area (Å²) in [5.74, 6) is -4.65. The lowest BCUT2D eigenvalue weighted by atomic mass is 9.98. The minimum absolute atomic E-state index is 0.161. The Labute approximate surface area is 238 Å². The smallest absolute Gasteiger partial charge is 0.338 e. The first-order valence-corrected chi connectivity index (χ1v) is 12.6. The molecule has 39 heavy (non-hydrogen) atoms. The molecule has 1 saturated heterocycles. The first-order valence-electron chi connectivity index (χ1n) is 11.4. The van der Waals surface area contributed by atoms with Crippen LogP contribution in [0.3, 0.4) is 0 Å². The van der Waals surface area contributed by atoms with E-state index in [4.69, 9.17) is 68.6 Å². The van der Waals surface area contributed by atoms with Gasteiger partial charge in [-0.3, -0.25) is 19.8 Å². The van der Waals surface area contributed by atoms with Gasteiger partial charge in [-0.15, -0.1) is 0 Å². The van der Waals surface area contributed by atoms with Crippen molar-refractivity contribution in [1.29, 1.82) is 5.41 Å². The molecule has 214 valence electrons. The predicted molar refractivity (Wildman–Crippen MR) is 135 cm³/mol. The van der Waals surface area contributed by atoms with Gasteiger partial charge in [-0.05, 0) is 19.1 Å². The number of alkyl halides is 3. The maximum atomic E-state index is 12.5. The Morgan fingerprint density at radius 3 is 1.97 bits per heavy atom. The third kappa shape index (κ3) is 10.3. The van der Waals surface area contributed by atoms with E-state index in [-0.39, 0.29) is 24.2 Å². The minimum atomic E-state index is -2.37.